The van der Waals surface area contributed by atoms with Crippen LogP contribution in [-0.2, 0) is 12.0 Å². The molecule has 3 aromatic carbocycles. The maximum atomic E-state index is 13.3. The van der Waals surface area contributed by atoms with Gasteiger partial charge in [0.25, 0.3) is 5.91 Å². The Labute approximate surface area is 190 Å². The number of anilines is 1. The average molecular weight is 446 g/mol. The molecule has 1 N–H and O–H groups in total. The van der Waals surface area contributed by atoms with E-state index in [1.54, 1.807) is 12.1 Å². The smallest absolute Gasteiger partial charge is 0.251 e. The van der Waals surface area contributed by atoms with Gasteiger partial charge >= 0.3 is 0 Å². The molecule has 0 aromatic heterocycles. The van der Waals surface area contributed by atoms with Crippen LogP contribution in [0.25, 0.3) is 0 Å². The Balaban J connectivity index is 1.39. The third kappa shape index (κ3) is 3.10. The minimum atomic E-state index is -0.487. The first-order valence-electron chi connectivity index (χ1n) is 11.0. The number of rotatable bonds is 3. The van der Waals surface area contributed by atoms with Gasteiger partial charge in [-0.2, -0.15) is 0 Å². The van der Waals surface area contributed by atoms with E-state index in [1.807, 2.05) is 37.4 Å². The number of likely N-dealkylation sites (N-methyl/N-ethyl adjacent to an activating group) is 1. The first kappa shape index (κ1) is 19.9. The van der Waals surface area contributed by atoms with Crippen LogP contribution in [0.4, 0.5) is 10.1 Å². The summed E-state index contributed by atoms with van der Waals surface area (Å²) in [6, 6.07) is 15.8. The zero-order chi connectivity index (χ0) is 22.6. The molecule has 0 saturated carbocycles. The highest BCUT2D eigenvalue weighted by molar-refractivity contribution is 5.99. The molecule has 1 atom stereocenters. The summed E-state index contributed by atoms with van der Waals surface area (Å²) in [6.07, 6.45) is 0. The van der Waals surface area contributed by atoms with E-state index >= 15 is 0 Å². The number of carbonyl (C=O) groups is 1. The molecule has 0 radical (unpaired) electrons. The van der Waals surface area contributed by atoms with Crippen molar-refractivity contribution >= 4 is 11.6 Å². The van der Waals surface area contributed by atoms with Crippen LogP contribution in [0.15, 0.2) is 54.6 Å². The van der Waals surface area contributed by atoms with Crippen molar-refractivity contribution in [1.82, 2.24) is 5.32 Å². The summed E-state index contributed by atoms with van der Waals surface area (Å²) in [6.45, 7) is 2.47. The van der Waals surface area contributed by atoms with Gasteiger partial charge in [0.05, 0.1) is 5.41 Å². The summed E-state index contributed by atoms with van der Waals surface area (Å²) >= 11 is 0. The SMILES string of the molecule is CN1CC2(COc3cc4c(cc32)OCCO4)c2c(C(=O)NCc3ccc(F)cc3)cccc21. The molecule has 3 aliphatic heterocycles. The van der Waals surface area contributed by atoms with Crippen molar-refractivity contribution in [2.75, 3.05) is 38.3 Å². The summed E-state index contributed by atoms with van der Waals surface area (Å²) in [7, 11) is 2.03. The van der Waals surface area contributed by atoms with Gasteiger partial charge in [-0.1, -0.05) is 18.2 Å². The van der Waals surface area contributed by atoms with Crippen LogP contribution in [0.3, 0.4) is 0 Å². The Morgan fingerprint density at radius 1 is 1.03 bits per heavy atom. The molecule has 1 unspecified atom stereocenters. The fraction of sp³-hybridized carbons (Fsp3) is 0.269. The molecule has 3 aliphatic rings. The molecular weight excluding hydrogens is 423 g/mol. The number of nitrogens with zero attached hydrogens (tertiary/aromatic N) is 1. The molecule has 168 valence electrons. The average Bonchev–Trinajstić information content (AvgIpc) is 3.34. The molecule has 0 fully saturated rings. The quantitative estimate of drug-likeness (QED) is 0.666. The van der Waals surface area contributed by atoms with Crippen LogP contribution in [0.2, 0.25) is 0 Å². The number of nitrogens with one attached hydrogen (secondary N) is 1. The zero-order valence-electron chi connectivity index (χ0n) is 18.2. The van der Waals surface area contributed by atoms with Gasteiger partial charge in [-0.3, -0.25) is 4.79 Å². The van der Waals surface area contributed by atoms with Crippen LogP contribution >= 0.6 is 0 Å². The normalized spacial score (nSPS) is 19.8. The van der Waals surface area contributed by atoms with Crippen molar-refractivity contribution in [3.05, 3.63) is 82.7 Å². The predicted octanol–water partition coefficient (Wildman–Crippen LogP) is 3.66. The number of carbonyl (C=O) groups excluding carboxylic acids is 1. The molecule has 0 bridgehead atoms. The molecule has 3 aromatic rings. The van der Waals surface area contributed by atoms with Gasteiger partial charge in [-0.05, 0) is 35.9 Å². The van der Waals surface area contributed by atoms with Gasteiger partial charge in [0, 0.05) is 48.6 Å². The predicted molar refractivity (Wildman–Crippen MR) is 121 cm³/mol. The highest BCUT2D eigenvalue weighted by atomic mass is 19.1. The third-order valence-electron chi connectivity index (χ3n) is 6.68. The largest absolute Gasteiger partial charge is 0.492 e. The lowest BCUT2D eigenvalue weighted by molar-refractivity contribution is 0.0949. The van der Waals surface area contributed by atoms with Gasteiger partial charge in [0.2, 0.25) is 0 Å². The van der Waals surface area contributed by atoms with Crippen LogP contribution in [0, 0.1) is 5.82 Å². The first-order chi connectivity index (χ1) is 16.0. The van der Waals surface area contributed by atoms with E-state index in [0.29, 0.717) is 50.0 Å². The maximum Gasteiger partial charge on any atom is 0.251 e. The Bertz CT molecular complexity index is 1260. The second-order valence-electron chi connectivity index (χ2n) is 8.73. The van der Waals surface area contributed by atoms with Gasteiger partial charge in [0.1, 0.15) is 31.4 Å². The lowest BCUT2D eigenvalue weighted by Crippen LogP contribution is -2.36. The second-order valence-corrected chi connectivity index (χ2v) is 8.73. The molecule has 0 saturated heterocycles. The highest BCUT2D eigenvalue weighted by Crippen LogP contribution is 2.54. The molecule has 1 amide bonds. The zero-order valence-corrected chi connectivity index (χ0v) is 18.2. The number of benzene rings is 3. The minimum absolute atomic E-state index is 0.170. The van der Waals surface area contributed by atoms with E-state index in [9.17, 15) is 9.18 Å². The summed E-state index contributed by atoms with van der Waals surface area (Å²) in [5.41, 5.74) is 3.94. The molecule has 6 nitrogen and oxygen atoms in total. The van der Waals surface area contributed by atoms with Crippen molar-refractivity contribution in [2.24, 2.45) is 0 Å². The van der Waals surface area contributed by atoms with E-state index in [1.165, 1.54) is 12.1 Å². The Kier molecular flexibility index (Phi) is 4.47. The number of ether oxygens (including phenoxy) is 3. The maximum absolute atomic E-state index is 13.3. The standard InChI is InChI=1S/C26H23FN2O4/c1-29-14-26(15-33-21-12-23-22(11-19(21)26)31-9-10-32-23)24-18(3-2-4-20(24)29)25(30)28-13-16-5-7-17(27)8-6-16/h2-8,11-12H,9-10,13-15H2,1H3,(H,28,30). The highest BCUT2D eigenvalue weighted by Gasteiger charge is 2.51. The molecule has 33 heavy (non-hydrogen) atoms. The lowest BCUT2D eigenvalue weighted by atomic mass is 9.75. The number of fused-ring (bicyclic) bond motifs is 5. The monoisotopic (exact) mass is 446 g/mol. The fourth-order valence-electron chi connectivity index (χ4n) is 5.18. The van der Waals surface area contributed by atoms with Gasteiger partial charge < -0.3 is 24.4 Å². The van der Waals surface area contributed by atoms with Crippen molar-refractivity contribution in [2.45, 2.75) is 12.0 Å². The van der Waals surface area contributed by atoms with Crippen molar-refractivity contribution in [3.8, 4) is 17.2 Å². The molecule has 3 heterocycles. The molecule has 7 heteroatoms. The van der Waals surface area contributed by atoms with Gasteiger partial charge in [0.15, 0.2) is 11.5 Å². The molecular formula is C26H23FN2O4. The fourth-order valence-corrected chi connectivity index (χ4v) is 5.18. The summed E-state index contributed by atoms with van der Waals surface area (Å²) in [4.78, 5) is 15.5. The Morgan fingerprint density at radius 2 is 1.79 bits per heavy atom. The number of halogens is 1. The second kappa shape index (κ2) is 7.40. The van der Waals surface area contributed by atoms with E-state index in [0.717, 1.165) is 28.1 Å². The number of amides is 1. The minimum Gasteiger partial charge on any atom is -0.492 e. The molecule has 1 spiro atoms. The third-order valence-corrected chi connectivity index (χ3v) is 6.68. The summed E-state index contributed by atoms with van der Waals surface area (Å²) < 4.78 is 30.9. The van der Waals surface area contributed by atoms with E-state index in [4.69, 9.17) is 14.2 Å². The van der Waals surface area contributed by atoms with E-state index in [-0.39, 0.29) is 11.7 Å². The van der Waals surface area contributed by atoms with Crippen LogP contribution in [-0.4, -0.2) is 39.3 Å². The van der Waals surface area contributed by atoms with Gasteiger partial charge in [-0.25, -0.2) is 4.39 Å². The van der Waals surface area contributed by atoms with Gasteiger partial charge in [-0.15, -0.1) is 0 Å². The topological polar surface area (TPSA) is 60.0 Å². The number of hydrogen-bond acceptors (Lipinski definition) is 5. The molecule has 0 aliphatic carbocycles. The Morgan fingerprint density at radius 3 is 2.58 bits per heavy atom. The summed E-state index contributed by atoms with van der Waals surface area (Å²) in [5.74, 6) is 1.69. The Hall–Kier alpha value is -3.74. The van der Waals surface area contributed by atoms with Crippen LogP contribution in [0.1, 0.15) is 27.0 Å². The first-order valence-corrected chi connectivity index (χ1v) is 11.0. The van der Waals surface area contributed by atoms with Crippen LogP contribution in [0.5, 0.6) is 17.2 Å². The lowest BCUT2D eigenvalue weighted by Gasteiger charge is -2.26. The van der Waals surface area contributed by atoms with Crippen molar-refractivity contribution in [1.29, 1.82) is 0 Å². The van der Waals surface area contributed by atoms with Crippen LogP contribution < -0.4 is 24.4 Å². The van der Waals surface area contributed by atoms with E-state index in [2.05, 4.69) is 10.2 Å². The van der Waals surface area contributed by atoms with Crippen molar-refractivity contribution in [3.63, 3.8) is 0 Å². The molecule has 6 rings (SSSR count). The number of hydrogen-bond donors (Lipinski definition) is 1. The van der Waals surface area contributed by atoms with E-state index < -0.39 is 5.41 Å². The summed E-state index contributed by atoms with van der Waals surface area (Å²) in [5, 5.41) is 2.99. The van der Waals surface area contributed by atoms with Crippen molar-refractivity contribution < 1.29 is 23.4 Å².